The average Bonchev–Trinajstić information content (AvgIpc) is 2.59. The van der Waals surface area contributed by atoms with Crippen LogP contribution in [-0.2, 0) is 10.0 Å². The first-order valence-electron chi connectivity index (χ1n) is 6.05. The van der Waals surface area contributed by atoms with Gasteiger partial charge in [0, 0.05) is 19.1 Å². The molecule has 0 aromatic carbocycles. The van der Waals surface area contributed by atoms with E-state index in [1.165, 1.54) is 6.42 Å². The van der Waals surface area contributed by atoms with Gasteiger partial charge >= 0.3 is 0 Å². The Labute approximate surface area is 98.4 Å². The van der Waals surface area contributed by atoms with Crippen LogP contribution in [-0.4, -0.2) is 43.1 Å². The zero-order chi connectivity index (χ0) is 12.0. The Morgan fingerprint density at radius 1 is 1.25 bits per heavy atom. The second kappa shape index (κ2) is 3.96. The molecule has 2 fully saturated rings. The van der Waals surface area contributed by atoms with Gasteiger partial charge in [0.25, 0.3) is 0 Å². The Hall–Kier alpha value is -0.130. The quantitative estimate of drug-likeness (QED) is 0.744. The molecule has 0 radical (unpaired) electrons. The van der Waals surface area contributed by atoms with Gasteiger partial charge in [0.05, 0.1) is 4.75 Å². The summed E-state index contributed by atoms with van der Waals surface area (Å²) in [5, 5.41) is 3.43. The van der Waals surface area contributed by atoms with Crippen molar-refractivity contribution in [2.45, 2.75) is 44.4 Å². The number of nitrogens with one attached hydrogen (secondary N) is 1. The highest BCUT2D eigenvalue weighted by Crippen LogP contribution is 2.30. The molecule has 2 aliphatic heterocycles. The third kappa shape index (κ3) is 2.00. The van der Waals surface area contributed by atoms with Gasteiger partial charge in [-0.1, -0.05) is 0 Å². The van der Waals surface area contributed by atoms with Crippen molar-refractivity contribution in [1.82, 2.24) is 9.62 Å². The van der Waals surface area contributed by atoms with Crippen LogP contribution in [0.1, 0.15) is 33.6 Å². The van der Waals surface area contributed by atoms with E-state index >= 15 is 0 Å². The smallest absolute Gasteiger partial charge is 0.219 e. The number of hydrogen-bond donors (Lipinski definition) is 1. The third-order valence-electron chi connectivity index (χ3n) is 3.68. The highest BCUT2D eigenvalue weighted by atomic mass is 32.2. The molecule has 16 heavy (non-hydrogen) atoms. The largest absolute Gasteiger partial charge is 0.312 e. The van der Waals surface area contributed by atoms with Gasteiger partial charge in [-0.05, 0) is 46.1 Å². The van der Waals surface area contributed by atoms with Gasteiger partial charge in [0.2, 0.25) is 10.0 Å². The van der Waals surface area contributed by atoms with E-state index in [0.717, 1.165) is 13.0 Å². The van der Waals surface area contributed by atoms with Crippen LogP contribution in [0.15, 0.2) is 0 Å². The van der Waals surface area contributed by atoms with Crippen molar-refractivity contribution in [3.8, 4) is 0 Å². The van der Waals surface area contributed by atoms with E-state index in [9.17, 15) is 8.42 Å². The molecule has 2 heterocycles. The highest BCUT2D eigenvalue weighted by Gasteiger charge is 2.43. The average molecular weight is 246 g/mol. The summed E-state index contributed by atoms with van der Waals surface area (Å²) in [5.74, 6) is 0.519. The zero-order valence-corrected chi connectivity index (χ0v) is 11.2. The topological polar surface area (TPSA) is 49.4 Å². The molecule has 0 unspecified atom stereocenters. The summed E-state index contributed by atoms with van der Waals surface area (Å²) in [6.45, 7) is 7.72. The number of nitrogens with zero attached hydrogens (tertiary/aromatic N) is 1. The van der Waals surface area contributed by atoms with Crippen molar-refractivity contribution in [1.29, 1.82) is 0 Å². The van der Waals surface area contributed by atoms with E-state index in [4.69, 9.17) is 0 Å². The first-order valence-corrected chi connectivity index (χ1v) is 7.49. The maximum Gasteiger partial charge on any atom is 0.219 e. The van der Waals surface area contributed by atoms with Crippen molar-refractivity contribution in [3.63, 3.8) is 0 Å². The van der Waals surface area contributed by atoms with E-state index in [0.29, 0.717) is 25.0 Å². The number of fused-ring (bicyclic) bond motifs is 1. The summed E-state index contributed by atoms with van der Waals surface area (Å²) in [6, 6.07) is 0.380. The van der Waals surface area contributed by atoms with Crippen molar-refractivity contribution < 1.29 is 8.42 Å². The Morgan fingerprint density at radius 3 is 2.50 bits per heavy atom. The van der Waals surface area contributed by atoms with Gasteiger partial charge in [0.1, 0.15) is 0 Å². The lowest BCUT2D eigenvalue weighted by atomic mass is 9.94. The Kier molecular flexibility index (Phi) is 3.05. The SMILES string of the molecule is CC(C)(C)S(=O)(=O)N1C[C@@H]2CCCN[C@@H]2C1. The minimum Gasteiger partial charge on any atom is -0.312 e. The Morgan fingerprint density at radius 2 is 1.94 bits per heavy atom. The van der Waals surface area contributed by atoms with Gasteiger partial charge in [-0.2, -0.15) is 4.31 Å². The summed E-state index contributed by atoms with van der Waals surface area (Å²) in [7, 11) is -3.14. The zero-order valence-electron chi connectivity index (χ0n) is 10.4. The predicted molar refractivity (Wildman–Crippen MR) is 64.8 cm³/mol. The summed E-state index contributed by atoms with van der Waals surface area (Å²) in [4.78, 5) is 0. The lowest BCUT2D eigenvalue weighted by molar-refractivity contribution is 0.339. The van der Waals surface area contributed by atoms with E-state index in [2.05, 4.69) is 5.32 Å². The van der Waals surface area contributed by atoms with Crippen molar-refractivity contribution in [2.75, 3.05) is 19.6 Å². The van der Waals surface area contributed by atoms with Crippen LogP contribution in [0.3, 0.4) is 0 Å². The molecule has 5 heteroatoms. The first-order chi connectivity index (χ1) is 7.32. The molecule has 2 saturated heterocycles. The van der Waals surface area contributed by atoms with E-state index < -0.39 is 14.8 Å². The molecule has 4 nitrogen and oxygen atoms in total. The number of rotatable bonds is 1. The molecule has 0 amide bonds. The fourth-order valence-electron chi connectivity index (χ4n) is 2.59. The van der Waals surface area contributed by atoms with E-state index in [-0.39, 0.29) is 0 Å². The molecule has 0 aromatic rings. The minimum absolute atomic E-state index is 0.380. The van der Waals surface area contributed by atoms with Crippen LogP contribution in [0.25, 0.3) is 0 Å². The summed E-state index contributed by atoms with van der Waals surface area (Å²) < 4.78 is 25.6. The second-order valence-corrected chi connectivity index (χ2v) is 8.59. The first kappa shape index (κ1) is 12.3. The fourth-order valence-corrected chi connectivity index (χ4v) is 4.11. The monoisotopic (exact) mass is 246 g/mol. The molecular formula is C11H22N2O2S. The number of sulfonamides is 1. The molecule has 2 aliphatic rings. The summed E-state index contributed by atoms with van der Waals surface area (Å²) in [6.07, 6.45) is 2.33. The summed E-state index contributed by atoms with van der Waals surface area (Å²) >= 11 is 0. The molecule has 0 aliphatic carbocycles. The maximum absolute atomic E-state index is 12.3. The lowest BCUT2D eigenvalue weighted by Crippen LogP contribution is -2.43. The van der Waals surface area contributed by atoms with Crippen molar-refractivity contribution in [2.24, 2.45) is 5.92 Å². The molecule has 1 N–H and O–H groups in total. The Balaban J connectivity index is 2.14. The number of piperidine rings is 1. The van der Waals surface area contributed by atoms with Crippen LogP contribution < -0.4 is 5.32 Å². The van der Waals surface area contributed by atoms with Gasteiger partial charge in [0.15, 0.2) is 0 Å². The molecule has 94 valence electrons. The second-order valence-electron chi connectivity index (χ2n) is 5.90. The van der Waals surface area contributed by atoms with Gasteiger partial charge in [-0.3, -0.25) is 0 Å². The molecule has 0 aromatic heterocycles. The number of hydrogen-bond acceptors (Lipinski definition) is 3. The fraction of sp³-hybridized carbons (Fsp3) is 1.00. The van der Waals surface area contributed by atoms with Crippen LogP contribution in [0.5, 0.6) is 0 Å². The minimum atomic E-state index is -3.14. The van der Waals surface area contributed by atoms with Crippen molar-refractivity contribution in [3.05, 3.63) is 0 Å². The highest BCUT2D eigenvalue weighted by molar-refractivity contribution is 7.90. The molecule has 2 rings (SSSR count). The van der Waals surface area contributed by atoms with Crippen LogP contribution in [0, 0.1) is 5.92 Å². The Bertz CT molecular complexity index is 345. The van der Waals surface area contributed by atoms with E-state index in [1.54, 1.807) is 25.1 Å². The molecule has 2 atom stereocenters. The maximum atomic E-state index is 12.3. The normalized spacial score (nSPS) is 32.7. The predicted octanol–water partition coefficient (Wildman–Crippen LogP) is 0.798. The summed E-state index contributed by atoms with van der Waals surface area (Å²) in [5.41, 5.74) is 0. The lowest BCUT2D eigenvalue weighted by Gasteiger charge is -2.26. The van der Waals surface area contributed by atoms with Crippen LogP contribution in [0.2, 0.25) is 0 Å². The van der Waals surface area contributed by atoms with E-state index in [1.807, 2.05) is 0 Å². The third-order valence-corrected chi connectivity index (χ3v) is 6.21. The van der Waals surface area contributed by atoms with Crippen LogP contribution >= 0.6 is 0 Å². The van der Waals surface area contributed by atoms with Crippen LogP contribution in [0.4, 0.5) is 0 Å². The molecule has 0 spiro atoms. The standard InChI is InChI=1S/C11H22N2O2S/c1-11(2,3)16(14,15)13-7-9-5-4-6-12-10(9)8-13/h9-10,12H,4-8H2,1-3H3/t9-,10+/m0/s1. The van der Waals surface area contributed by atoms with Gasteiger partial charge in [-0.25, -0.2) is 8.42 Å². The molecular weight excluding hydrogens is 224 g/mol. The van der Waals surface area contributed by atoms with Crippen molar-refractivity contribution >= 4 is 10.0 Å². The molecule has 0 bridgehead atoms. The van der Waals surface area contributed by atoms with Gasteiger partial charge < -0.3 is 5.32 Å². The molecule has 0 saturated carbocycles. The van der Waals surface area contributed by atoms with Gasteiger partial charge in [-0.15, -0.1) is 0 Å².